The van der Waals surface area contributed by atoms with Crippen molar-refractivity contribution in [3.63, 3.8) is 0 Å². The number of hydrogen-bond donors (Lipinski definition) is 2. The van der Waals surface area contributed by atoms with Crippen LogP contribution in [0.15, 0.2) is 34.5 Å². The Balaban J connectivity index is 1.62. The average molecular weight is 493 g/mol. The summed E-state index contributed by atoms with van der Waals surface area (Å²) in [7, 11) is -3.56. The van der Waals surface area contributed by atoms with Gasteiger partial charge in [-0.1, -0.05) is 19.9 Å². The van der Waals surface area contributed by atoms with E-state index in [4.69, 9.17) is 0 Å². The molecule has 1 aromatic heterocycles. The number of likely N-dealkylation sites (tertiary alicyclic amines) is 1. The molecule has 10 heteroatoms. The predicted molar refractivity (Wildman–Crippen MR) is 132 cm³/mol. The lowest BCUT2D eigenvalue weighted by Gasteiger charge is -2.32. The number of carbonyl (C=O) groups is 2. The molecule has 180 valence electrons. The van der Waals surface area contributed by atoms with Gasteiger partial charge in [0.05, 0.1) is 10.9 Å². The molecule has 1 unspecified atom stereocenters. The maximum absolute atomic E-state index is 12.8. The van der Waals surface area contributed by atoms with Gasteiger partial charge < -0.3 is 10.2 Å². The van der Waals surface area contributed by atoms with Crippen LogP contribution in [-0.2, 0) is 14.8 Å². The third-order valence-corrected chi connectivity index (χ3v) is 9.20. The molecule has 1 aliphatic rings. The van der Waals surface area contributed by atoms with Crippen LogP contribution in [-0.4, -0.2) is 55.7 Å². The third-order valence-electron chi connectivity index (χ3n) is 5.68. The van der Waals surface area contributed by atoms with Crippen LogP contribution in [0.1, 0.15) is 37.8 Å². The van der Waals surface area contributed by atoms with E-state index in [1.54, 1.807) is 24.8 Å². The largest absolute Gasteiger partial charge is 0.326 e. The molecule has 2 N–H and O–H groups in total. The lowest BCUT2D eigenvalue weighted by atomic mass is 9.97. The first kappa shape index (κ1) is 25.2. The van der Waals surface area contributed by atoms with Gasteiger partial charge in [-0.25, -0.2) is 13.2 Å². The molecule has 1 fully saturated rings. The van der Waals surface area contributed by atoms with Crippen molar-refractivity contribution in [3.8, 4) is 0 Å². The number of aryl methyl sites for hydroxylation is 2. The van der Waals surface area contributed by atoms with Gasteiger partial charge in [0, 0.05) is 31.9 Å². The summed E-state index contributed by atoms with van der Waals surface area (Å²) in [6.45, 7) is 9.20. The van der Waals surface area contributed by atoms with Crippen LogP contribution in [0.3, 0.4) is 0 Å². The highest BCUT2D eigenvalue weighted by Crippen LogP contribution is 2.29. The van der Waals surface area contributed by atoms with Crippen LogP contribution in [0.2, 0.25) is 0 Å². The zero-order valence-corrected chi connectivity index (χ0v) is 21.2. The van der Waals surface area contributed by atoms with E-state index in [2.05, 4.69) is 10.6 Å². The predicted octanol–water partition coefficient (Wildman–Crippen LogP) is 4.28. The first-order valence-corrected chi connectivity index (χ1v) is 13.4. The van der Waals surface area contributed by atoms with Gasteiger partial charge in [-0.15, -0.1) is 11.3 Å². The van der Waals surface area contributed by atoms with Gasteiger partial charge >= 0.3 is 6.03 Å². The summed E-state index contributed by atoms with van der Waals surface area (Å²) in [6.07, 6.45) is 1.44. The summed E-state index contributed by atoms with van der Waals surface area (Å²) in [5.41, 5.74) is 2.92. The van der Waals surface area contributed by atoms with Crippen molar-refractivity contribution in [1.82, 2.24) is 9.21 Å². The number of urea groups is 1. The topological polar surface area (TPSA) is 98.8 Å². The normalized spacial score (nSPS) is 16.6. The number of carbonyl (C=O) groups excluding carboxylic acids is 2. The minimum atomic E-state index is -3.56. The van der Waals surface area contributed by atoms with Gasteiger partial charge in [-0.05, 0) is 62.1 Å². The molecule has 1 atom stereocenters. The lowest BCUT2D eigenvalue weighted by molar-refractivity contribution is -0.121. The van der Waals surface area contributed by atoms with E-state index >= 15 is 0 Å². The molecule has 1 aromatic carbocycles. The Hall–Kier alpha value is -2.43. The fourth-order valence-corrected chi connectivity index (χ4v) is 6.88. The van der Waals surface area contributed by atoms with Crippen molar-refractivity contribution in [1.29, 1.82) is 0 Å². The second-order valence-electron chi connectivity index (χ2n) is 8.29. The number of rotatable bonds is 7. The summed E-state index contributed by atoms with van der Waals surface area (Å²) in [5.74, 6) is -0.395. The molecule has 33 heavy (non-hydrogen) atoms. The van der Waals surface area contributed by atoms with Crippen LogP contribution >= 0.6 is 11.3 Å². The number of nitrogens with zero attached hydrogens (tertiary/aromatic N) is 2. The Morgan fingerprint density at radius 3 is 2.39 bits per heavy atom. The Kier molecular flexibility index (Phi) is 8.14. The Morgan fingerprint density at radius 2 is 1.76 bits per heavy atom. The van der Waals surface area contributed by atoms with E-state index in [9.17, 15) is 18.0 Å². The van der Waals surface area contributed by atoms with Crippen molar-refractivity contribution in [2.75, 3.05) is 36.8 Å². The molecule has 0 bridgehead atoms. The number of thiophene rings is 1. The Bertz CT molecular complexity index is 1090. The van der Waals surface area contributed by atoms with Gasteiger partial charge in [0.1, 0.15) is 4.21 Å². The molecular formula is C23H32N4O4S2. The molecule has 8 nitrogen and oxygen atoms in total. The van der Waals surface area contributed by atoms with E-state index in [0.29, 0.717) is 37.6 Å². The van der Waals surface area contributed by atoms with E-state index in [-0.39, 0.29) is 22.1 Å². The van der Waals surface area contributed by atoms with Crippen LogP contribution in [0, 0.1) is 19.8 Å². The fourth-order valence-electron chi connectivity index (χ4n) is 4.07. The van der Waals surface area contributed by atoms with Gasteiger partial charge in [0.2, 0.25) is 5.91 Å². The summed E-state index contributed by atoms with van der Waals surface area (Å²) < 4.78 is 26.9. The second kappa shape index (κ2) is 10.7. The van der Waals surface area contributed by atoms with E-state index in [1.807, 2.05) is 32.0 Å². The highest BCUT2D eigenvalue weighted by molar-refractivity contribution is 7.91. The molecule has 3 amide bonds. The minimum absolute atomic E-state index is 0.0961. The number of nitrogens with one attached hydrogen (secondary N) is 2. The van der Waals surface area contributed by atoms with E-state index in [1.165, 1.54) is 10.4 Å². The maximum Gasteiger partial charge on any atom is 0.322 e. The number of anilines is 2. The van der Waals surface area contributed by atoms with Crippen molar-refractivity contribution in [2.45, 2.75) is 44.7 Å². The minimum Gasteiger partial charge on any atom is -0.326 e. The van der Waals surface area contributed by atoms with Crippen molar-refractivity contribution >= 4 is 44.0 Å². The molecule has 3 rings (SSSR count). The third kappa shape index (κ3) is 6.13. The number of amides is 3. The quantitative estimate of drug-likeness (QED) is 0.603. The SMILES string of the molecule is CCN(CC)S(=O)(=O)c1ccc(NC(=O)N2CCCC(C(=O)Nc3cc(C)cc(C)c3)C2)s1. The zero-order chi connectivity index (χ0) is 24.2. The summed E-state index contributed by atoms with van der Waals surface area (Å²) in [4.78, 5) is 27.2. The average Bonchev–Trinajstić information content (AvgIpc) is 3.23. The van der Waals surface area contributed by atoms with Gasteiger partial charge in [0.25, 0.3) is 10.0 Å². The molecule has 2 heterocycles. The maximum atomic E-state index is 12.8. The Morgan fingerprint density at radius 1 is 1.09 bits per heavy atom. The first-order chi connectivity index (χ1) is 15.6. The zero-order valence-electron chi connectivity index (χ0n) is 19.6. The fraction of sp³-hybridized carbons (Fsp3) is 0.478. The molecule has 0 saturated carbocycles. The Labute approximate surface area is 200 Å². The standard InChI is InChI=1S/C23H32N4O4S2/c1-5-27(6-2)33(30,31)21-10-9-20(32-21)25-23(29)26-11-7-8-18(15-26)22(28)24-19-13-16(3)12-17(4)14-19/h9-10,12-14,18H,5-8,11,15H2,1-4H3,(H,24,28)(H,25,29). The molecule has 1 saturated heterocycles. The van der Waals surface area contributed by atoms with Gasteiger partial charge in [-0.3, -0.25) is 10.1 Å². The van der Waals surface area contributed by atoms with Gasteiger partial charge in [0.15, 0.2) is 0 Å². The molecule has 0 aliphatic carbocycles. The van der Waals surface area contributed by atoms with E-state index in [0.717, 1.165) is 34.6 Å². The van der Waals surface area contributed by atoms with Crippen molar-refractivity contribution in [3.05, 3.63) is 41.5 Å². The summed E-state index contributed by atoms with van der Waals surface area (Å²) >= 11 is 1.04. The highest BCUT2D eigenvalue weighted by Gasteiger charge is 2.29. The lowest BCUT2D eigenvalue weighted by Crippen LogP contribution is -2.45. The summed E-state index contributed by atoms with van der Waals surface area (Å²) in [5, 5.41) is 6.24. The molecule has 1 aliphatic heterocycles. The van der Waals surface area contributed by atoms with E-state index < -0.39 is 10.0 Å². The number of hydrogen-bond acceptors (Lipinski definition) is 5. The first-order valence-electron chi connectivity index (χ1n) is 11.2. The molecule has 0 radical (unpaired) electrons. The number of sulfonamides is 1. The highest BCUT2D eigenvalue weighted by atomic mass is 32.2. The van der Waals surface area contributed by atoms with Crippen LogP contribution in [0.25, 0.3) is 0 Å². The van der Waals surface area contributed by atoms with Crippen LogP contribution in [0.5, 0.6) is 0 Å². The number of piperidine rings is 1. The van der Waals surface area contributed by atoms with Gasteiger partial charge in [-0.2, -0.15) is 4.31 Å². The van der Waals surface area contributed by atoms with Crippen LogP contribution in [0.4, 0.5) is 15.5 Å². The summed E-state index contributed by atoms with van der Waals surface area (Å²) in [6, 6.07) is 8.70. The van der Waals surface area contributed by atoms with Crippen molar-refractivity contribution in [2.24, 2.45) is 5.92 Å². The number of benzene rings is 1. The molecule has 2 aromatic rings. The second-order valence-corrected chi connectivity index (χ2v) is 11.5. The smallest absolute Gasteiger partial charge is 0.322 e. The van der Waals surface area contributed by atoms with Crippen molar-refractivity contribution < 1.29 is 18.0 Å². The molecule has 0 spiro atoms. The monoisotopic (exact) mass is 492 g/mol. The molecular weight excluding hydrogens is 460 g/mol. The van der Waals surface area contributed by atoms with Crippen LogP contribution < -0.4 is 10.6 Å².